The van der Waals surface area contributed by atoms with Gasteiger partial charge in [0.2, 0.25) is 0 Å². The third kappa shape index (κ3) is 3.75. The third-order valence-corrected chi connectivity index (χ3v) is 5.15. The monoisotopic (exact) mass is 436 g/mol. The Morgan fingerprint density at radius 1 is 1.07 bits per heavy atom. The summed E-state index contributed by atoms with van der Waals surface area (Å²) in [6, 6.07) is 18.9. The molecule has 0 radical (unpaired) electrons. The molecule has 140 valence electrons. The normalized spacial score (nSPS) is 10.9. The van der Waals surface area contributed by atoms with Crippen LogP contribution in [0.1, 0.15) is 10.4 Å². The van der Waals surface area contributed by atoms with E-state index in [1.807, 2.05) is 18.2 Å². The van der Waals surface area contributed by atoms with Gasteiger partial charge in [0.25, 0.3) is 0 Å². The van der Waals surface area contributed by atoms with Crippen LogP contribution in [0, 0.1) is 0 Å². The third-order valence-electron chi connectivity index (χ3n) is 4.50. The summed E-state index contributed by atoms with van der Waals surface area (Å²) in [5.74, 6) is -0.222. The summed E-state index contributed by atoms with van der Waals surface area (Å²) in [7, 11) is 0. The fraction of sp³-hybridized carbons (Fsp3) is 0.0952. The molecular formula is C21H17BrN4O2. The molecule has 2 aromatic heterocycles. The lowest BCUT2D eigenvalue weighted by atomic mass is 10.1. The van der Waals surface area contributed by atoms with Gasteiger partial charge in [0.15, 0.2) is 0 Å². The summed E-state index contributed by atoms with van der Waals surface area (Å²) in [6.45, 7) is 1.48. The van der Waals surface area contributed by atoms with E-state index in [0.717, 1.165) is 28.2 Å². The van der Waals surface area contributed by atoms with Crippen LogP contribution in [0.5, 0.6) is 0 Å². The highest BCUT2D eigenvalue weighted by molar-refractivity contribution is 9.10. The zero-order chi connectivity index (χ0) is 19.5. The number of aromatic carboxylic acids is 1. The minimum absolute atomic E-state index is 0.251. The quantitative estimate of drug-likeness (QED) is 0.458. The van der Waals surface area contributed by atoms with E-state index in [9.17, 15) is 4.79 Å². The first-order chi connectivity index (χ1) is 13.6. The fourth-order valence-corrected chi connectivity index (χ4v) is 3.71. The van der Waals surface area contributed by atoms with Crippen molar-refractivity contribution < 1.29 is 9.90 Å². The maximum absolute atomic E-state index is 11.0. The van der Waals surface area contributed by atoms with Crippen molar-refractivity contribution >= 4 is 38.6 Å². The SMILES string of the molecule is O=C(O)c1ccc(-c2cc(NCCn3c(Br)cc4ccccc43)ncn2)cc1. The molecule has 0 bridgehead atoms. The Balaban J connectivity index is 1.46. The van der Waals surface area contributed by atoms with Crippen LogP contribution in [-0.4, -0.2) is 32.2 Å². The number of nitrogens with zero attached hydrogens (tertiary/aromatic N) is 3. The highest BCUT2D eigenvalue weighted by atomic mass is 79.9. The smallest absolute Gasteiger partial charge is 0.335 e. The molecule has 4 aromatic rings. The van der Waals surface area contributed by atoms with Gasteiger partial charge >= 0.3 is 5.97 Å². The number of rotatable bonds is 6. The van der Waals surface area contributed by atoms with Gasteiger partial charge in [-0.3, -0.25) is 0 Å². The molecule has 0 saturated carbocycles. The number of anilines is 1. The van der Waals surface area contributed by atoms with E-state index in [4.69, 9.17) is 5.11 Å². The Labute approximate surface area is 170 Å². The van der Waals surface area contributed by atoms with Gasteiger partial charge in [-0.15, -0.1) is 0 Å². The highest BCUT2D eigenvalue weighted by Gasteiger charge is 2.07. The largest absolute Gasteiger partial charge is 0.478 e. The lowest BCUT2D eigenvalue weighted by Crippen LogP contribution is -2.11. The Morgan fingerprint density at radius 3 is 2.64 bits per heavy atom. The molecule has 0 spiro atoms. The molecule has 0 aliphatic heterocycles. The predicted octanol–water partition coefficient (Wildman–Crippen LogP) is 4.67. The van der Waals surface area contributed by atoms with Gasteiger partial charge in [0, 0.05) is 35.6 Å². The first-order valence-electron chi connectivity index (χ1n) is 8.75. The highest BCUT2D eigenvalue weighted by Crippen LogP contribution is 2.24. The second-order valence-electron chi connectivity index (χ2n) is 6.28. The average Bonchev–Trinajstić information content (AvgIpc) is 3.04. The number of carboxylic acid groups (broad SMARTS) is 1. The van der Waals surface area contributed by atoms with Crippen molar-refractivity contribution in [3.8, 4) is 11.3 Å². The zero-order valence-corrected chi connectivity index (χ0v) is 16.4. The Bertz CT molecular complexity index is 1140. The first-order valence-corrected chi connectivity index (χ1v) is 9.54. The topological polar surface area (TPSA) is 80.0 Å². The number of benzene rings is 2. The first kappa shape index (κ1) is 18.2. The summed E-state index contributed by atoms with van der Waals surface area (Å²) in [5.41, 5.74) is 3.01. The minimum Gasteiger partial charge on any atom is -0.478 e. The molecule has 0 unspecified atom stereocenters. The molecule has 0 fully saturated rings. The Morgan fingerprint density at radius 2 is 1.86 bits per heavy atom. The number of hydrogen-bond acceptors (Lipinski definition) is 4. The molecule has 28 heavy (non-hydrogen) atoms. The van der Waals surface area contributed by atoms with E-state index in [-0.39, 0.29) is 5.56 Å². The van der Waals surface area contributed by atoms with E-state index < -0.39 is 5.97 Å². The number of hydrogen-bond donors (Lipinski definition) is 2. The number of nitrogens with one attached hydrogen (secondary N) is 1. The molecule has 6 nitrogen and oxygen atoms in total. The molecule has 0 atom stereocenters. The number of aromatic nitrogens is 3. The summed E-state index contributed by atoms with van der Waals surface area (Å²) < 4.78 is 3.24. The molecule has 4 rings (SSSR count). The standard InChI is InChI=1S/C21H17BrN4O2/c22-19-11-16-3-1-2-4-18(16)26(19)10-9-23-20-12-17(24-13-25-20)14-5-7-15(8-6-14)21(27)28/h1-8,11-13H,9-10H2,(H,27,28)(H,23,24,25). The maximum Gasteiger partial charge on any atom is 0.335 e. The molecular weight excluding hydrogens is 420 g/mol. The molecule has 2 N–H and O–H groups in total. The van der Waals surface area contributed by atoms with Gasteiger partial charge in [0.1, 0.15) is 12.1 Å². The predicted molar refractivity (Wildman–Crippen MR) is 113 cm³/mol. The molecule has 0 amide bonds. The fourth-order valence-electron chi connectivity index (χ4n) is 3.10. The van der Waals surface area contributed by atoms with Crippen LogP contribution in [0.2, 0.25) is 0 Å². The number of carbonyl (C=O) groups is 1. The van der Waals surface area contributed by atoms with E-state index in [2.05, 4.69) is 54.0 Å². The molecule has 0 saturated heterocycles. The van der Waals surface area contributed by atoms with Crippen LogP contribution < -0.4 is 5.32 Å². The van der Waals surface area contributed by atoms with Gasteiger partial charge in [-0.2, -0.15) is 0 Å². The van der Waals surface area contributed by atoms with Gasteiger partial charge in [-0.1, -0.05) is 30.3 Å². The van der Waals surface area contributed by atoms with Crippen molar-refractivity contribution in [2.75, 3.05) is 11.9 Å². The van der Waals surface area contributed by atoms with Gasteiger partial charge in [-0.05, 0) is 40.2 Å². The lowest BCUT2D eigenvalue weighted by Gasteiger charge is -2.10. The zero-order valence-electron chi connectivity index (χ0n) is 14.8. The van der Waals surface area contributed by atoms with Crippen molar-refractivity contribution in [3.63, 3.8) is 0 Å². The summed E-state index contributed by atoms with van der Waals surface area (Å²) in [5, 5.41) is 13.5. The van der Waals surface area contributed by atoms with Crippen LogP contribution in [-0.2, 0) is 6.54 Å². The second kappa shape index (κ2) is 7.82. The van der Waals surface area contributed by atoms with Crippen LogP contribution in [0.4, 0.5) is 5.82 Å². The average molecular weight is 437 g/mol. The van der Waals surface area contributed by atoms with Crippen molar-refractivity contribution in [3.05, 3.63) is 77.2 Å². The van der Waals surface area contributed by atoms with E-state index in [1.165, 1.54) is 17.2 Å². The molecule has 2 heterocycles. The molecule has 7 heteroatoms. The van der Waals surface area contributed by atoms with Crippen LogP contribution in [0.15, 0.2) is 71.6 Å². The Kier molecular flexibility index (Phi) is 5.08. The van der Waals surface area contributed by atoms with Crippen molar-refractivity contribution in [2.45, 2.75) is 6.54 Å². The molecule has 2 aromatic carbocycles. The number of halogens is 1. The summed E-state index contributed by atoms with van der Waals surface area (Å²) in [6.07, 6.45) is 1.50. The maximum atomic E-state index is 11.0. The molecule has 0 aliphatic rings. The van der Waals surface area contributed by atoms with Gasteiger partial charge in [-0.25, -0.2) is 14.8 Å². The van der Waals surface area contributed by atoms with Crippen molar-refractivity contribution in [1.82, 2.24) is 14.5 Å². The summed E-state index contributed by atoms with van der Waals surface area (Å²) in [4.78, 5) is 19.5. The van der Waals surface area contributed by atoms with E-state index in [1.54, 1.807) is 24.3 Å². The van der Waals surface area contributed by atoms with Crippen molar-refractivity contribution in [1.29, 1.82) is 0 Å². The van der Waals surface area contributed by atoms with E-state index >= 15 is 0 Å². The van der Waals surface area contributed by atoms with Crippen molar-refractivity contribution in [2.24, 2.45) is 0 Å². The number of fused-ring (bicyclic) bond motifs is 1. The van der Waals surface area contributed by atoms with Crippen LogP contribution in [0.3, 0.4) is 0 Å². The summed E-state index contributed by atoms with van der Waals surface area (Å²) >= 11 is 3.62. The second-order valence-corrected chi connectivity index (χ2v) is 7.09. The molecule has 0 aliphatic carbocycles. The number of para-hydroxylation sites is 1. The van der Waals surface area contributed by atoms with Gasteiger partial charge in [0.05, 0.1) is 15.9 Å². The minimum atomic E-state index is -0.944. The lowest BCUT2D eigenvalue weighted by molar-refractivity contribution is 0.0697. The Hall–Kier alpha value is -3.19. The number of carboxylic acids is 1. The van der Waals surface area contributed by atoms with Crippen LogP contribution >= 0.6 is 15.9 Å². The van der Waals surface area contributed by atoms with Gasteiger partial charge < -0.3 is 15.0 Å². The van der Waals surface area contributed by atoms with E-state index in [0.29, 0.717) is 6.54 Å². The van der Waals surface area contributed by atoms with Crippen LogP contribution in [0.25, 0.3) is 22.2 Å².